The van der Waals surface area contributed by atoms with Crippen LogP contribution in [0.3, 0.4) is 0 Å². The Morgan fingerprint density at radius 1 is 0.857 bits per heavy atom. The van der Waals surface area contributed by atoms with Gasteiger partial charge in [0.15, 0.2) is 11.0 Å². The number of nitrogens with one attached hydrogen (secondary N) is 1. The monoisotopic (exact) mass is 502 g/mol. The molecule has 7 heteroatoms. The van der Waals surface area contributed by atoms with Crippen molar-refractivity contribution in [2.75, 3.05) is 11.1 Å². The summed E-state index contributed by atoms with van der Waals surface area (Å²) in [6.45, 7) is 0. The zero-order valence-electron chi connectivity index (χ0n) is 19.4. The second-order valence-electron chi connectivity index (χ2n) is 8.73. The molecule has 35 heavy (non-hydrogen) atoms. The van der Waals surface area contributed by atoms with Crippen molar-refractivity contribution in [1.82, 2.24) is 14.8 Å². The third-order valence-electron chi connectivity index (χ3n) is 6.33. The predicted octanol–water partition coefficient (Wildman–Crippen LogP) is 7.50. The lowest BCUT2D eigenvalue weighted by atomic mass is 9.95. The Hall–Kier alpha value is -3.09. The van der Waals surface area contributed by atoms with Crippen LogP contribution in [-0.2, 0) is 4.79 Å². The first-order valence-electron chi connectivity index (χ1n) is 12.0. The van der Waals surface area contributed by atoms with Crippen molar-refractivity contribution in [3.63, 3.8) is 0 Å². The fourth-order valence-corrected chi connectivity index (χ4v) is 5.55. The fourth-order valence-electron chi connectivity index (χ4n) is 4.56. The van der Waals surface area contributed by atoms with Crippen molar-refractivity contribution >= 4 is 35.0 Å². The molecule has 4 aromatic rings. The molecule has 1 saturated carbocycles. The number of para-hydroxylation sites is 1. The molecule has 1 fully saturated rings. The van der Waals surface area contributed by atoms with E-state index in [2.05, 4.69) is 56.5 Å². The number of rotatable bonds is 7. The molecule has 0 unspecified atom stereocenters. The molecule has 1 aliphatic carbocycles. The molecule has 5 rings (SSSR count). The number of carbonyl (C=O) groups excluding carboxylic acids is 1. The summed E-state index contributed by atoms with van der Waals surface area (Å²) in [4.78, 5) is 12.6. The minimum Gasteiger partial charge on any atom is -0.324 e. The minimum absolute atomic E-state index is 0.116. The number of nitrogens with zero attached hydrogens (tertiary/aromatic N) is 3. The highest BCUT2D eigenvalue weighted by Crippen LogP contribution is 2.36. The summed E-state index contributed by atoms with van der Waals surface area (Å²) in [6.07, 6.45) is 5.88. The van der Waals surface area contributed by atoms with Crippen molar-refractivity contribution in [2.24, 2.45) is 0 Å². The van der Waals surface area contributed by atoms with Crippen LogP contribution in [0.1, 0.15) is 38.1 Å². The largest absolute Gasteiger partial charge is 0.324 e. The van der Waals surface area contributed by atoms with Gasteiger partial charge in [-0.3, -0.25) is 9.36 Å². The second-order valence-corrected chi connectivity index (χ2v) is 10.1. The maximum Gasteiger partial charge on any atom is 0.234 e. The van der Waals surface area contributed by atoms with E-state index in [4.69, 9.17) is 11.6 Å². The van der Waals surface area contributed by atoms with E-state index in [9.17, 15) is 4.79 Å². The van der Waals surface area contributed by atoms with E-state index < -0.39 is 0 Å². The molecule has 0 aliphatic heterocycles. The highest BCUT2D eigenvalue weighted by Gasteiger charge is 2.24. The normalized spacial score (nSPS) is 14.1. The van der Waals surface area contributed by atoms with Crippen LogP contribution in [0.2, 0.25) is 5.02 Å². The summed E-state index contributed by atoms with van der Waals surface area (Å²) in [6, 6.07) is 26.4. The van der Waals surface area contributed by atoms with E-state index >= 15 is 0 Å². The van der Waals surface area contributed by atoms with E-state index in [1.165, 1.54) is 42.2 Å². The summed E-state index contributed by atoms with van der Waals surface area (Å²) in [5.41, 5.74) is 4.01. The van der Waals surface area contributed by atoms with Crippen LogP contribution in [0.15, 0.2) is 84.0 Å². The van der Waals surface area contributed by atoms with E-state index in [0.29, 0.717) is 16.8 Å². The number of halogens is 1. The van der Waals surface area contributed by atoms with Crippen LogP contribution >= 0.6 is 23.4 Å². The van der Waals surface area contributed by atoms with Gasteiger partial charge in [0.25, 0.3) is 0 Å². The van der Waals surface area contributed by atoms with Crippen LogP contribution in [-0.4, -0.2) is 26.4 Å². The topological polar surface area (TPSA) is 59.8 Å². The maximum atomic E-state index is 12.6. The summed E-state index contributed by atoms with van der Waals surface area (Å²) in [7, 11) is 0. The highest BCUT2D eigenvalue weighted by molar-refractivity contribution is 7.99. The molecule has 178 valence electrons. The smallest absolute Gasteiger partial charge is 0.234 e. The lowest BCUT2D eigenvalue weighted by molar-refractivity contribution is -0.113. The van der Waals surface area contributed by atoms with Gasteiger partial charge in [-0.2, -0.15) is 0 Å². The van der Waals surface area contributed by atoms with Gasteiger partial charge in [-0.15, -0.1) is 10.2 Å². The standard InChI is InChI=1S/C28H27ClN4OS/c29-24-13-7-8-14-25(24)30-26(34)19-35-28-32-31-27(33(28)23-11-5-2-6-12-23)22-17-15-21(16-18-22)20-9-3-1-4-10-20/h1,3-4,7-10,13-18,23H,2,5-6,11-12,19H2,(H,30,34). The van der Waals surface area contributed by atoms with Gasteiger partial charge in [0.1, 0.15) is 0 Å². The Bertz CT molecular complexity index is 1280. The molecule has 1 aliphatic rings. The highest BCUT2D eigenvalue weighted by atomic mass is 35.5. The number of anilines is 1. The molecule has 0 spiro atoms. The Balaban J connectivity index is 1.37. The van der Waals surface area contributed by atoms with Crippen molar-refractivity contribution in [3.8, 4) is 22.5 Å². The van der Waals surface area contributed by atoms with Crippen LogP contribution in [0.4, 0.5) is 5.69 Å². The van der Waals surface area contributed by atoms with Crippen molar-refractivity contribution in [3.05, 3.63) is 83.9 Å². The number of hydrogen-bond donors (Lipinski definition) is 1. The number of amides is 1. The lowest BCUT2D eigenvalue weighted by Gasteiger charge is -2.25. The third kappa shape index (κ3) is 5.60. The molecular weight excluding hydrogens is 476 g/mol. The zero-order valence-corrected chi connectivity index (χ0v) is 20.9. The first-order chi connectivity index (χ1) is 17.2. The molecule has 0 atom stereocenters. The van der Waals surface area contributed by atoms with Crippen LogP contribution in [0, 0.1) is 0 Å². The molecule has 1 heterocycles. The van der Waals surface area contributed by atoms with Crippen LogP contribution < -0.4 is 5.32 Å². The number of benzene rings is 3. The fraction of sp³-hybridized carbons (Fsp3) is 0.250. The molecular formula is C28H27ClN4OS. The summed E-state index contributed by atoms with van der Waals surface area (Å²) >= 11 is 7.61. The summed E-state index contributed by atoms with van der Waals surface area (Å²) in [5, 5.41) is 13.3. The molecule has 5 nitrogen and oxygen atoms in total. The van der Waals surface area contributed by atoms with Gasteiger partial charge in [0, 0.05) is 11.6 Å². The van der Waals surface area contributed by atoms with Crippen molar-refractivity contribution < 1.29 is 4.79 Å². The quantitative estimate of drug-likeness (QED) is 0.266. The number of carbonyl (C=O) groups is 1. The van der Waals surface area contributed by atoms with Gasteiger partial charge in [0.05, 0.1) is 16.5 Å². The molecule has 1 N–H and O–H groups in total. The van der Waals surface area contributed by atoms with Crippen molar-refractivity contribution in [1.29, 1.82) is 0 Å². The molecule has 0 bridgehead atoms. The van der Waals surface area contributed by atoms with Crippen LogP contribution in [0.25, 0.3) is 22.5 Å². The Morgan fingerprint density at radius 2 is 1.51 bits per heavy atom. The Labute approximate surface area is 214 Å². The second kappa shape index (κ2) is 11.1. The molecule has 0 radical (unpaired) electrons. The first-order valence-corrected chi connectivity index (χ1v) is 13.3. The average Bonchev–Trinajstić information content (AvgIpc) is 3.34. The number of thioether (sulfide) groups is 1. The molecule has 0 saturated heterocycles. The van der Waals surface area contributed by atoms with E-state index in [-0.39, 0.29) is 11.7 Å². The van der Waals surface area contributed by atoms with Crippen molar-refractivity contribution in [2.45, 2.75) is 43.3 Å². The van der Waals surface area contributed by atoms with Gasteiger partial charge in [-0.05, 0) is 36.1 Å². The third-order valence-corrected chi connectivity index (χ3v) is 7.61. The molecule has 1 amide bonds. The predicted molar refractivity (Wildman–Crippen MR) is 144 cm³/mol. The maximum absolute atomic E-state index is 12.6. The minimum atomic E-state index is -0.116. The van der Waals surface area contributed by atoms with Gasteiger partial charge < -0.3 is 5.32 Å². The zero-order chi connectivity index (χ0) is 24.0. The molecule has 1 aromatic heterocycles. The van der Waals surface area contributed by atoms with Crippen LogP contribution in [0.5, 0.6) is 0 Å². The average molecular weight is 503 g/mol. The van der Waals surface area contributed by atoms with E-state index in [1.54, 1.807) is 12.1 Å². The Kier molecular flexibility index (Phi) is 7.50. The number of aromatic nitrogens is 3. The van der Waals surface area contributed by atoms with E-state index in [1.807, 2.05) is 30.3 Å². The summed E-state index contributed by atoms with van der Waals surface area (Å²) in [5.74, 6) is 0.990. The van der Waals surface area contributed by atoms with E-state index in [0.717, 1.165) is 29.4 Å². The Morgan fingerprint density at radius 3 is 2.26 bits per heavy atom. The van der Waals surface area contributed by atoms with Gasteiger partial charge >= 0.3 is 0 Å². The van der Waals surface area contributed by atoms with Gasteiger partial charge in [-0.1, -0.05) is 109 Å². The first kappa shape index (κ1) is 23.6. The van der Waals surface area contributed by atoms with Gasteiger partial charge in [-0.25, -0.2) is 0 Å². The molecule has 3 aromatic carbocycles. The van der Waals surface area contributed by atoms with Gasteiger partial charge in [0.2, 0.25) is 5.91 Å². The SMILES string of the molecule is O=C(CSc1nnc(-c2ccc(-c3ccccc3)cc2)n1C1CCCCC1)Nc1ccccc1Cl. The lowest BCUT2D eigenvalue weighted by Crippen LogP contribution is -2.17. The number of hydrogen-bond acceptors (Lipinski definition) is 4. The summed E-state index contributed by atoms with van der Waals surface area (Å²) < 4.78 is 2.25.